The molecular formula is C21H16F2N4O3. The summed E-state index contributed by atoms with van der Waals surface area (Å²) < 4.78 is 35.5. The van der Waals surface area contributed by atoms with Gasteiger partial charge in [0.15, 0.2) is 17.5 Å². The number of hydrogen-bond acceptors (Lipinski definition) is 4. The molecule has 0 fully saturated rings. The Bertz CT molecular complexity index is 1160. The van der Waals surface area contributed by atoms with Gasteiger partial charge in [0.05, 0.1) is 13.3 Å². The summed E-state index contributed by atoms with van der Waals surface area (Å²) in [5.74, 6) is 2.18. The van der Waals surface area contributed by atoms with Gasteiger partial charge in [0.2, 0.25) is 0 Å². The maximum Gasteiger partial charge on any atom is 0.343 e. The molecule has 7 nitrogen and oxygen atoms in total. The average Bonchev–Trinajstić information content (AvgIpc) is 3.10. The van der Waals surface area contributed by atoms with Gasteiger partial charge in [-0.25, -0.2) is 23.3 Å². The highest BCUT2D eigenvalue weighted by Crippen LogP contribution is 2.33. The molecule has 0 unspecified atom stereocenters. The molecule has 0 bridgehead atoms. The van der Waals surface area contributed by atoms with E-state index in [0.717, 1.165) is 30.1 Å². The van der Waals surface area contributed by atoms with Gasteiger partial charge >= 0.3 is 12.0 Å². The molecule has 0 spiro atoms. The van der Waals surface area contributed by atoms with Gasteiger partial charge in [-0.3, -0.25) is 4.68 Å². The molecule has 2 amide bonds. The van der Waals surface area contributed by atoms with Gasteiger partial charge in [-0.1, -0.05) is 30.0 Å². The topological polar surface area (TPSA) is 90.4 Å². The van der Waals surface area contributed by atoms with Gasteiger partial charge in [0.1, 0.15) is 11.3 Å². The lowest BCUT2D eigenvalue weighted by molar-refractivity contribution is 0.0601. The molecular weight excluding hydrogens is 394 g/mol. The molecule has 0 aliphatic rings. The van der Waals surface area contributed by atoms with Crippen molar-refractivity contribution in [3.8, 4) is 11.8 Å². The number of carbonyl (C=O) groups is 2. The predicted molar refractivity (Wildman–Crippen MR) is 105 cm³/mol. The third-order valence-electron chi connectivity index (χ3n) is 4.11. The highest BCUT2D eigenvalue weighted by Gasteiger charge is 2.31. The van der Waals surface area contributed by atoms with Crippen LogP contribution < -0.4 is 10.6 Å². The molecule has 3 rings (SSSR count). The van der Waals surface area contributed by atoms with E-state index in [-0.39, 0.29) is 16.9 Å². The SMILES string of the molecule is COC(=O)c1cnn(C)c1N(C(N)=O)c1c(F)cc(C#Cc2ccccc2)cc1F. The maximum absolute atomic E-state index is 14.9. The van der Waals surface area contributed by atoms with Crippen molar-refractivity contribution in [2.45, 2.75) is 0 Å². The van der Waals surface area contributed by atoms with Crippen LogP contribution in [-0.2, 0) is 11.8 Å². The number of halogens is 2. The number of methoxy groups -OCH3 is 1. The highest BCUT2D eigenvalue weighted by molar-refractivity contribution is 6.04. The first-order valence-corrected chi connectivity index (χ1v) is 8.59. The summed E-state index contributed by atoms with van der Waals surface area (Å²) in [5, 5.41) is 3.85. The van der Waals surface area contributed by atoms with E-state index in [4.69, 9.17) is 5.73 Å². The Hall–Kier alpha value is -4.19. The third-order valence-corrected chi connectivity index (χ3v) is 4.11. The van der Waals surface area contributed by atoms with Gasteiger partial charge in [-0.05, 0) is 24.3 Å². The van der Waals surface area contributed by atoms with Crippen molar-refractivity contribution in [2.75, 3.05) is 12.0 Å². The quantitative estimate of drug-likeness (QED) is 0.531. The molecule has 3 aromatic rings. The monoisotopic (exact) mass is 410 g/mol. The van der Waals surface area contributed by atoms with Gasteiger partial charge in [0.25, 0.3) is 0 Å². The first-order valence-electron chi connectivity index (χ1n) is 8.59. The van der Waals surface area contributed by atoms with Gasteiger partial charge in [-0.15, -0.1) is 0 Å². The highest BCUT2D eigenvalue weighted by atomic mass is 19.1. The molecule has 2 N–H and O–H groups in total. The molecule has 0 saturated carbocycles. The number of nitrogens with zero attached hydrogens (tertiary/aromatic N) is 3. The first kappa shape index (κ1) is 20.5. The van der Waals surface area contributed by atoms with E-state index in [0.29, 0.717) is 10.5 Å². The van der Waals surface area contributed by atoms with Crippen molar-refractivity contribution in [1.29, 1.82) is 0 Å². The number of carbonyl (C=O) groups excluding carboxylic acids is 2. The second-order valence-corrected chi connectivity index (χ2v) is 6.08. The Morgan fingerprint density at radius 1 is 1.10 bits per heavy atom. The number of anilines is 2. The van der Waals surface area contributed by atoms with Crippen molar-refractivity contribution in [3.05, 3.63) is 77.0 Å². The fraction of sp³-hybridized carbons (Fsp3) is 0.0952. The number of ether oxygens (including phenoxy) is 1. The van der Waals surface area contributed by atoms with E-state index in [9.17, 15) is 18.4 Å². The van der Waals surface area contributed by atoms with E-state index >= 15 is 0 Å². The Morgan fingerprint density at radius 3 is 2.27 bits per heavy atom. The number of primary amides is 1. The Balaban J connectivity index is 2.10. The standard InChI is InChI=1S/C21H16F2N4O3/c1-26-19(15(12-25-26)20(28)30-2)27(21(24)29)18-16(22)10-14(11-17(18)23)9-8-13-6-4-3-5-7-13/h3-7,10-12H,1-2H3,(H2,24,29). The van der Waals surface area contributed by atoms with Crippen molar-refractivity contribution in [2.24, 2.45) is 12.8 Å². The van der Waals surface area contributed by atoms with Gasteiger partial charge in [-0.2, -0.15) is 5.10 Å². The normalized spacial score (nSPS) is 10.1. The zero-order valence-electron chi connectivity index (χ0n) is 16.0. The van der Waals surface area contributed by atoms with Crippen LogP contribution in [0.15, 0.2) is 48.7 Å². The summed E-state index contributed by atoms with van der Waals surface area (Å²) in [6.07, 6.45) is 1.10. The summed E-state index contributed by atoms with van der Waals surface area (Å²) in [4.78, 5) is 24.6. The van der Waals surface area contributed by atoms with E-state index in [1.807, 2.05) is 6.07 Å². The lowest BCUT2D eigenvalue weighted by Crippen LogP contribution is -2.35. The summed E-state index contributed by atoms with van der Waals surface area (Å²) in [5.41, 5.74) is 5.15. The third kappa shape index (κ3) is 3.98. The van der Waals surface area contributed by atoms with Crippen LogP contribution in [0.2, 0.25) is 0 Å². The average molecular weight is 410 g/mol. The largest absolute Gasteiger partial charge is 0.465 e. The van der Waals surface area contributed by atoms with Crippen LogP contribution in [0.5, 0.6) is 0 Å². The van der Waals surface area contributed by atoms with Crippen LogP contribution in [0.3, 0.4) is 0 Å². The number of urea groups is 1. The van der Waals surface area contributed by atoms with Gasteiger partial charge < -0.3 is 10.5 Å². The molecule has 1 heterocycles. The van der Waals surface area contributed by atoms with E-state index in [1.54, 1.807) is 24.3 Å². The van der Waals surface area contributed by atoms with Crippen LogP contribution >= 0.6 is 0 Å². The molecule has 0 aliphatic heterocycles. The van der Waals surface area contributed by atoms with E-state index in [1.165, 1.54) is 7.05 Å². The number of hydrogen-bond donors (Lipinski definition) is 1. The van der Waals surface area contributed by atoms with Crippen molar-refractivity contribution in [3.63, 3.8) is 0 Å². The molecule has 0 saturated heterocycles. The summed E-state index contributed by atoms with van der Waals surface area (Å²) >= 11 is 0. The van der Waals surface area contributed by atoms with Crippen LogP contribution in [0.25, 0.3) is 0 Å². The molecule has 1 aromatic heterocycles. The summed E-state index contributed by atoms with van der Waals surface area (Å²) in [6, 6.07) is 9.61. The molecule has 9 heteroatoms. The van der Waals surface area contributed by atoms with Crippen LogP contribution in [-0.4, -0.2) is 28.9 Å². The maximum atomic E-state index is 14.9. The van der Waals surface area contributed by atoms with Crippen molar-refractivity contribution < 1.29 is 23.1 Å². The molecule has 2 aromatic carbocycles. The number of esters is 1. The van der Waals surface area contributed by atoms with Crippen LogP contribution in [0, 0.1) is 23.5 Å². The van der Waals surface area contributed by atoms with Crippen molar-refractivity contribution >= 4 is 23.5 Å². The summed E-state index contributed by atoms with van der Waals surface area (Å²) in [7, 11) is 2.50. The number of nitrogens with two attached hydrogens (primary N) is 1. The fourth-order valence-electron chi connectivity index (χ4n) is 2.79. The fourth-order valence-corrected chi connectivity index (χ4v) is 2.79. The minimum atomic E-state index is -1.22. The Labute approximate surface area is 170 Å². The van der Waals surface area contributed by atoms with E-state index < -0.39 is 29.3 Å². The molecule has 152 valence electrons. The van der Waals surface area contributed by atoms with Crippen molar-refractivity contribution in [1.82, 2.24) is 9.78 Å². The lowest BCUT2D eigenvalue weighted by atomic mass is 10.1. The first-order chi connectivity index (χ1) is 14.3. The molecule has 0 radical (unpaired) electrons. The molecule has 0 aliphatic carbocycles. The predicted octanol–water partition coefficient (Wildman–Crippen LogP) is 3.10. The number of aryl methyl sites for hydroxylation is 1. The zero-order valence-corrected chi connectivity index (χ0v) is 16.0. The lowest BCUT2D eigenvalue weighted by Gasteiger charge is -2.22. The smallest absolute Gasteiger partial charge is 0.343 e. The Kier molecular flexibility index (Phi) is 5.78. The zero-order chi connectivity index (χ0) is 21.8. The minimum absolute atomic E-state index is 0.0558. The van der Waals surface area contributed by atoms with Gasteiger partial charge in [0, 0.05) is 18.2 Å². The summed E-state index contributed by atoms with van der Waals surface area (Å²) in [6.45, 7) is 0. The number of benzene rings is 2. The van der Waals surface area contributed by atoms with Crippen LogP contribution in [0.1, 0.15) is 21.5 Å². The van der Waals surface area contributed by atoms with Crippen LogP contribution in [0.4, 0.5) is 25.1 Å². The minimum Gasteiger partial charge on any atom is -0.465 e. The van der Waals surface area contributed by atoms with E-state index in [2.05, 4.69) is 21.7 Å². The Morgan fingerprint density at radius 2 is 1.70 bits per heavy atom. The molecule has 30 heavy (non-hydrogen) atoms. The second kappa shape index (κ2) is 8.45. The second-order valence-electron chi connectivity index (χ2n) is 6.08. The molecule has 0 atom stereocenters. The number of amides is 2. The number of rotatable bonds is 3. The number of aromatic nitrogens is 2.